The smallest absolute Gasteiger partial charge is 0.175 e. The van der Waals surface area contributed by atoms with Gasteiger partial charge in [0.15, 0.2) is 21.8 Å². The van der Waals surface area contributed by atoms with Gasteiger partial charge in [-0.1, -0.05) is 23.2 Å². The minimum atomic E-state index is 0.269. The zero-order chi connectivity index (χ0) is 24.4. The molecule has 2 aromatic carbocycles. The van der Waals surface area contributed by atoms with Crippen LogP contribution in [0.2, 0.25) is 10.3 Å². The number of methoxy groups -OCH3 is 1. The third-order valence-electron chi connectivity index (χ3n) is 5.53. The van der Waals surface area contributed by atoms with Gasteiger partial charge in [0.2, 0.25) is 0 Å². The van der Waals surface area contributed by atoms with E-state index in [9.17, 15) is 0 Å². The third kappa shape index (κ3) is 4.87. The number of nitrogens with one attached hydrogen (secondary N) is 2. The molecule has 0 unspecified atom stereocenters. The number of anilines is 3. The molecule has 0 saturated heterocycles. The van der Waals surface area contributed by atoms with Crippen LogP contribution in [0.15, 0.2) is 55.0 Å². The molecule has 11 heteroatoms. The van der Waals surface area contributed by atoms with Crippen LogP contribution in [0.5, 0.6) is 11.5 Å². The highest BCUT2D eigenvalue weighted by atomic mass is 35.5. The Balaban J connectivity index is 1.35. The minimum absolute atomic E-state index is 0.269. The van der Waals surface area contributed by atoms with Gasteiger partial charge in [0.1, 0.15) is 18.8 Å². The highest BCUT2D eigenvalue weighted by molar-refractivity contribution is 6.33. The van der Waals surface area contributed by atoms with Crippen LogP contribution in [0.1, 0.15) is 0 Å². The third-order valence-corrected chi connectivity index (χ3v) is 5.99. The molecule has 178 valence electrons. The summed E-state index contributed by atoms with van der Waals surface area (Å²) in [7, 11) is 3.47. The molecule has 0 radical (unpaired) electrons. The van der Waals surface area contributed by atoms with E-state index in [1.165, 1.54) is 6.33 Å². The van der Waals surface area contributed by atoms with Crippen molar-refractivity contribution in [3.63, 3.8) is 0 Å². The summed E-state index contributed by atoms with van der Waals surface area (Å²) >= 11 is 12.1. The fraction of sp³-hybridized carbons (Fsp3) is 0.167. The molecule has 3 heterocycles. The molecule has 35 heavy (non-hydrogen) atoms. The van der Waals surface area contributed by atoms with Crippen LogP contribution in [0, 0.1) is 0 Å². The Morgan fingerprint density at radius 1 is 1.03 bits per heavy atom. The Labute approximate surface area is 211 Å². The lowest BCUT2D eigenvalue weighted by molar-refractivity contribution is 0.301. The van der Waals surface area contributed by atoms with Crippen LogP contribution < -0.4 is 19.7 Å². The number of benzene rings is 2. The Hall–Kier alpha value is -3.82. The number of ether oxygens (including phenoxy) is 2. The average Bonchev–Trinajstić information content (AvgIpc) is 3.33. The number of aromatic nitrogens is 5. The molecular formula is C24H21Cl2N7O2. The van der Waals surface area contributed by atoms with E-state index in [1.54, 1.807) is 13.2 Å². The van der Waals surface area contributed by atoms with E-state index in [4.69, 9.17) is 32.7 Å². The molecule has 0 spiro atoms. The second kappa shape index (κ2) is 9.81. The largest absolute Gasteiger partial charge is 0.493 e. The van der Waals surface area contributed by atoms with Crippen LogP contribution in [0.25, 0.3) is 21.8 Å². The molecule has 3 aromatic heterocycles. The fourth-order valence-corrected chi connectivity index (χ4v) is 4.11. The van der Waals surface area contributed by atoms with Crippen molar-refractivity contribution in [2.45, 2.75) is 0 Å². The predicted molar refractivity (Wildman–Crippen MR) is 138 cm³/mol. The summed E-state index contributed by atoms with van der Waals surface area (Å²) in [6.07, 6.45) is 3.43. The van der Waals surface area contributed by atoms with Gasteiger partial charge in [-0.3, -0.25) is 0 Å². The monoisotopic (exact) mass is 509 g/mol. The van der Waals surface area contributed by atoms with E-state index in [-0.39, 0.29) is 10.3 Å². The number of hydrogen-bond acceptors (Lipinski definition) is 8. The van der Waals surface area contributed by atoms with Gasteiger partial charge in [-0.15, -0.1) is 10.2 Å². The number of rotatable bonds is 8. The highest BCUT2D eigenvalue weighted by Gasteiger charge is 2.14. The molecular weight excluding hydrogens is 489 g/mol. The van der Waals surface area contributed by atoms with Gasteiger partial charge >= 0.3 is 0 Å². The van der Waals surface area contributed by atoms with Gasteiger partial charge in [-0.2, -0.15) is 0 Å². The molecule has 0 fully saturated rings. The first-order valence-corrected chi connectivity index (χ1v) is 11.5. The SMILES string of the molecule is COc1cc2c(Nc3ccc4[nH]ccc4c3)ncnc2cc1OCCN(C)c1cc(Cl)nnc1Cl. The maximum atomic E-state index is 6.14. The van der Waals surface area contributed by atoms with E-state index in [0.29, 0.717) is 36.2 Å². The van der Waals surface area contributed by atoms with Gasteiger partial charge in [0.25, 0.3) is 0 Å². The maximum Gasteiger partial charge on any atom is 0.175 e. The lowest BCUT2D eigenvalue weighted by Gasteiger charge is -2.20. The lowest BCUT2D eigenvalue weighted by atomic mass is 10.2. The molecule has 0 aliphatic heterocycles. The molecule has 0 aliphatic carbocycles. The van der Waals surface area contributed by atoms with Crippen molar-refractivity contribution in [1.29, 1.82) is 0 Å². The predicted octanol–water partition coefficient (Wildman–Crippen LogP) is 5.48. The van der Waals surface area contributed by atoms with Crippen LogP contribution in [0.4, 0.5) is 17.2 Å². The van der Waals surface area contributed by atoms with Crippen molar-refractivity contribution in [1.82, 2.24) is 25.1 Å². The number of hydrogen-bond donors (Lipinski definition) is 2. The molecule has 5 rings (SSSR count). The first-order chi connectivity index (χ1) is 17.0. The molecule has 0 aliphatic rings. The van der Waals surface area contributed by atoms with Gasteiger partial charge in [0, 0.05) is 47.4 Å². The van der Waals surface area contributed by atoms with Crippen LogP contribution in [0.3, 0.4) is 0 Å². The Morgan fingerprint density at radius 2 is 1.91 bits per heavy atom. The van der Waals surface area contributed by atoms with Crippen molar-refractivity contribution in [3.8, 4) is 11.5 Å². The number of halogens is 2. The maximum absolute atomic E-state index is 6.14. The van der Waals surface area contributed by atoms with Crippen molar-refractivity contribution < 1.29 is 9.47 Å². The van der Waals surface area contributed by atoms with Crippen LogP contribution in [-0.2, 0) is 0 Å². The lowest BCUT2D eigenvalue weighted by Crippen LogP contribution is -2.24. The zero-order valence-electron chi connectivity index (χ0n) is 18.9. The van der Waals surface area contributed by atoms with Crippen molar-refractivity contribution in [2.24, 2.45) is 0 Å². The molecule has 0 atom stereocenters. The molecule has 0 amide bonds. The molecule has 2 N–H and O–H groups in total. The first kappa shape index (κ1) is 22.9. The van der Waals surface area contributed by atoms with E-state index >= 15 is 0 Å². The number of aromatic amines is 1. The summed E-state index contributed by atoms with van der Waals surface area (Å²) in [6, 6.07) is 13.5. The Morgan fingerprint density at radius 3 is 2.77 bits per heavy atom. The summed E-state index contributed by atoms with van der Waals surface area (Å²) in [4.78, 5) is 14.0. The fourth-order valence-electron chi connectivity index (χ4n) is 3.73. The summed E-state index contributed by atoms with van der Waals surface area (Å²) < 4.78 is 11.6. The Bertz CT molecular complexity index is 1510. The normalized spacial score (nSPS) is 11.1. The van der Waals surface area contributed by atoms with E-state index < -0.39 is 0 Å². The number of fused-ring (bicyclic) bond motifs is 2. The first-order valence-electron chi connectivity index (χ1n) is 10.7. The molecule has 9 nitrogen and oxygen atoms in total. The molecule has 0 bridgehead atoms. The molecule has 5 aromatic rings. The summed E-state index contributed by atoms with van der Waals surface area (Å²) in [6.45, 7) is 0.892. The van der Waals surface area contributed by atoms with Crippen LogP contribution >= 0.6 is 23.2 Å². The second-order valence-corrected chi connectivity index (χ2v) is 8.51. The van der Waals surface area contributed by atoms with Gasteiger partial charge in [-0.05, 0) is 30.3 Å². The van der Waals surface area contributed by atoms with E-state index in [1.807, 2.05) is 48.5 Å². The topological polar surface area (TPSA) is 101 Å². The van der Waals surface area contributed by atoms with E-state index in [2.05, 4.69) is 36.5 Å². The summed E-state index contributed by atoms with van der Waals surface area (Å²) in [5.74, 6) is 1.82. The second-order valence-electron chi connectivity index (χ2n) is 7.76. The van der Waals surface area contributed by atoms with Crippen LogP contribution in [-0.4, -0.2) is 52.5 Å². The van der Waals surface area contributed by atoms with Gasteiger partial charge in [0.05, 0.1) is 24.9 Å². The number of nitrogens with zero attached hydrogens (tertiary/aromatic N) is 5. The standard InChI is InChI=1S/C24H21Cl2N7O2/c1-33(19-12-22(25)31-32-23(19)26)7-8-35-21-11-18-16(10-20(21)34-2)24(29-13-28-18)30-15-3-4-17-14(9-15)5-6-27-17/h3-6,9-13,27H,7-8H2,1-2H3,(H,28,29,30). The molecule has 0 saturated carbocycles. The van der Waals surface area contributed by atoms with E-state index in [0.717, 1.165) is 27.5 Å². The van der Waals surface area contributed by atoms with Gasteiger partial charge < -0.3 is 24.7 Å². The summed E-state index contributed by atoms with van der Waals surface area (Å²) in [5.41, 5.74) is 3.39. The van der Waals surface area contributed by atoms with Crippen molar-refractivity contribution >= 4 is 62.2 Å². The highest BCUT2D eigenvalue weighted by Crippen LogP contribution is 2.35. The van der Waals surface area contributed by atoms with Crippen molar-refractivity contribution in [3.05, 3.63) is 65.3 Å². The van der Waals surface area contributed by atoms with Crippen molar-refractivity contribution in [2.75, 3.05) is 37.5 Å². The summed E-state index contributed by atoms with van der Waals surface area (Å²) in [5, 5.41) is 13.4. The quantitative estimate of drug-likeness (QED) is 0.283. The average molecular weight is 510 g/mol. The Kier molecular flexibility index (Phi) is 6.43. The zero-order valence-corrected chi connectivity index (χ0v) is 20.4. The number of likely N-dealkylation sites (N-methyl/N-ethyl adjacent to an activating group) is 1. The minimum Gasteiger partial charge on any atom is -0.493 e. The van der Waals surface area contributed by atoms with Gasteiger partial charge in [-0.25, -0.2) is 9.97 Å². The number of H-pyrrole nitrogens is 1.